The summed E-state index contributed by atoms with van der Waals surface area (Å²) in [5.41, 5.74) is 0.658. The highest BCUT2D eigenvalue weighted by Gasteiger charge is 2.27. The van der Waals surface area contributed by atoms with Crippen LogP contribution in [-0.2, 0) is 6.54 Å². The average Bonchev–Trinajstić information content (AvgIpc) is 2.54. The molecule has 3 rings (SSSR count). The summed E-state index contributed by atoms with van der Waals surface area (Å²) in [4.78, 5) is 31.6. The van der Waals surface area contributed by atoms with Crippen molar-refractivity contribution in [1.82, 2.24) is 14.5 Å². The molecular weight excluding hydrogens is 278 g/mol. The lowest BCUT2D eigenvalue weighted by molar-refractivity contribution is 0.0633. The third kappa shape index (κ3) is 2.40. The predicted molar refractivity (Wildman–Crippen MR) is 86.0 cm³/mol. The minimum atomic E-state index is -0.239. The molecule has 0 radical (unpaired) electrons. The van der Waals surface area contributed by atoms with Crippen LogP contribution < -0.4 is 5.56 Å². The maximum absolute atomic E-state index is 12.8. The van der Waals surface area contributed by atoms with Crippen molar-refractivity contribution >= 4 is 16.9 Å². The molecule has 0 bridgehead atoms. The van der Waals surface area contributed by atoms with E-state index in [2.05, 4.69) is 11.9 Å². The number of piperidine rings is 1. The number of amides is 1. The maximum Gasteiger partial charge on any atom is 0.265 e. The van der Waals surface area contributed by atoms with Crippen molar-refractivity contribution in [1.29, 1.82) is 0 Å². The lowest BCUT2D eigenvalue weighted by atomic mass is 10.0. The van der Waals surface area contributed by atoms with E-state index in [0.29, 0.717) is 12.2 Å². The minimum absolute atomic E-state index is 0.148. The Morgan fingerprint density at radius 3 is 2.95 bits per heavy atom. The predicted octanol–water partition coefficient (Wildman–Crippen LogP) is 2.43. The number of fused-ring (bicyclic) bond motifs is 1. The summed E-state index contributed by atoms with van der Waals surface area (Å²) >= 11 is 0. The molecule has 5 heteroatoms. The van der Waals surface area contributed by atoms with Gasteiger partial charge in [0.1, 0.15) is 11.2 Å². The van der Waals surface area contributed by atoms with Gasteiger partial charge in [-0.05, 0) is 51.3 Å². The molecule has 1 fully saturated rings. The second-order valence-corrected chi connectivity index (χ2v) is 5.87. The maximum atomic E-state index is 12.8. The second-order valence-electron chi connectivity index (χ2n) is 5.87. The van der Waals surface area contributed by atoms with Crippen LogP contribution in [0.25, 0.3) is 11.0 Å². The molecule has 116 valence electrons. The number of aryl methyl sites for hydroxylation is 1. The average molecular weight is 299 g/mol. The van der Waals surface area contributed by atoms with E-state index in [9.17, 15) is 9.59 Å². The molecule has 1 aliphatic rings. The molecule has 5 nitrogen and oxygen atoms in total. The molecule has 1 aliphatic heterocycles. The summed E-state index contributed by atoms with van der Waals surface area (Å²) in [5.74, 6) is -0.148. The first-order valence-corrected chi connectivity index (χ1v) is 7.93. The van der Waals surface area contributed by atoms with Gasteiger partial charge in [0.25, 0.3) is 11.5 Å². The molecule has 2 aromatic rings. The van der Waals surface area contributed by atoms with Crippen LogP contribution in [0.5, 0.6) is 0 Å². The molecule has 0 N–H and O–H groups in total. The Morgan fingerprint density at radius 2 is 2.23 bits per heavy atom. The molecule has 0 unspecified atom stereocenters. The standard InChI is InChI=1S/C17H21N3O2/c1-3-19-15-13(8-6-9-18-15)11-14(16(19)21)17(22)20-10-5-4-7-12(20)2/h6,8-9,11-12H,3-5,7,10H2,1-2H3/t12-/m0/s1. The van der Waals surface area contributed by atoms with Crippen LogP contribution in [-0.4, -0.2) is 32.9 Å². The van der Waals surface area contributed by atoms with E-state index in [1.807, 2.05) is 24.0 Å². The Bertz CT molecular complexity index is 766. The van der Waals surface area contributed by atoms with Crippen LogP contribution in [0.4, 0.5) is 0 Å². The van der Waals surface area contributed by atoms with Gasteiger partial charge in [-0.1, -0.05) is 0 Å². The van der Waals surface area contributed by atoms with E-state index in [1.54, 1.807) is 16.8 Å². The van der Waals surface area contributed by atoms with Crippen LogP contribution in [0, 0.1) is 0 Å². The van der Waals surface area contributed by atoms with Crippen molar-refractivity contribution < 1.29 is 4.79 Å². The third-order valence-corrected chi connectivity index (χ3v) is 4.46. The first kappa shape index (κ1) is 14.8. The highest BCUT2D eigenvalue weighted by Crippen LogP contribution is 2.19. The molecule has 0 aliphatic carbocycles. The van der Waals surface area contributed by atoms with Crippen LogP contribution >= 0.6 is 0 Å². The molecule has 1 atom stereocenters. The van der Waals surface area contributed by atoms with E-state index in [-0.39, 0.29) is 23.1 Å². The van der Waals surface area contributed by atoms with Gasteiger partial charge in [0.2, 0.25) is 0 Å². The molecule has 0 aromatic carbocycles. The number of carbonyl (C=O) groups is 1. The van der Waals surface area contributed by atoms with Crippen molar-refractivity contribution in [2.24, 2.45) is 0 Å². The number of carbonyl (C=O) groups excluding carboxylic acids is 1. The molecule has 0 saturated carbocycles. The van der Waals surface area contributed by atoms with Gasteiger partial charge in [-0.2, -0.15) is 0 Å². The van der Waals surface area contributed by atoms with Crippen molar-refractivity contribution in [2.45, 2.75) is 45.7 Å². The summed E-state index contributed by atoms with van der Waals surface area (Å²) < 4.78 is 1.58. The van der Waals surface area contributed by atoms with E-state index in [1.165, 1.54) is 0 Å². The van der Waals surface area contributed by atoms with Crippen LogP contribution in [0.3, 0.4) is 0 Å². The Labute approximate surface area is 129 Å². The van der Waals surface area contributed by atoms with Gasteiger partial charge in [-0.15, -0.1) is 0 Å². The Kier molecular flexibility index (Phi) is 3.96. The number of aromatic nitrogens is 2. The third-order valence-electron chi connectivity index (χ3n) is 4.46. The van der Waals surface area contributed by atoms with Gasteiger partial charge in [0.05, 0.1) is 0 Å². The molecule has 22 heavy (non-hydrogen) atoms. The van der Waals surface area contributed by atoms with Crippen molar-refractivity contribution in [3.8, 4) is 0 Å². The summed E-state index contributed by atoms with van der Waals surface area (Å²) in [6.07, 6.45) is 4.82. The number of likely N-dealkylation sites (tertiary alicyclic amines) is 1. The van der Waals surface area contributed by atoms with E-state index >= 15 is 0 Å². The lowest BCUT2D eigenvalue weighted by Crippen LogP contribution is -2.44. The normalized spacial score (nSPS) is 18.6. The number of rotatable bonds is 2. The van der Waals surface area contributed by atoms with Gasteiger partial charge in [-0.25, -0.2) is 4.98 Å². The lowest BCUT2D eigenvalue weighted by Gasteiger charge is -2.33. The smallest absolute Gasteiger partial charge is 0.265 e. The summed E-state index contributed by atoms with van der Waals surface area (Å²) in [6.45, 7) is 5.19. The van der Waals surface area contributed by atoms with Crippen LogP contribution in [0.15, 0.2) is 29.2 Å². The van der Waals surface area contributed by atoms with Gasteiger partial charge in [0, 0.05) is 30.7 Å². The quantitative estimate of drug-likeness (QED) is 0.856. The Morgan fingerprint density at radius 1 is 1.41 bits per heavy atom. The SMILES string of the molecule is CCn1c(=O)c(C(=O)N2CCCC[C@@H]2C)cc2cccnc21. The second kappa shape index (κ2) is 5.91. The van der Waals surface area contributed by atoms with Crippen molar-refractivity contribution in [3.05, 3.63) is 40.3 Å². The zero-order valence-corrected chi connectivity index (χ0v) is 13.1. The summed E-state index contributed by atoms with van der Waals surface area (Å²) in [5, 5.41) is 0.831. The summed E-state index contributed by atoms with van der Waals surface area (Å²) in [6, 6.07) is 5.61. The number of pyridine rings is 2. The van der Waals surface area contributed by atoms with Crippen LogP contribution in [0.2, 0.25) is 0 Å². The largest absolute Gasteiger partial charge is 0.336 e. The minimum Gasteiger partial charge on any atom is -0.336 e. The summed E-state index contributed by atoms with van der Waals surface area (Å²) in [7, 11) is 0. The highest BCUT2D eigenvalue weighted by molar-refractivity contribution is 5.97. The Hall–Kier alpha value is -2.17. The fourth-order valence-corrected chi connectivity index (χ4v) is 3.21. The number of nitrogens with zero attached hydrogens (tertiary/aromatic N) is 3. The molecule has 0 spiro atoms. The number of hydrogen-bond acceptors (Lipinski definition) is 3. The van der Waals surface area contributed by atoms with Crippen molar-refractivity contribution in [3.63, 3.8) is 0 Å². The first-order valence-electron chi connectivity index (χ1n) is 7.93. The van der Waals surface area contributed by atoms with Gasteiger partial charge in [0.15, 0.2) is 0 Å². The van der Waals surface area contributed by atoms with Gasteiger partial charge >= 0.3 is 0 Å². The topological polar surface area (TPSA) is 55.2 Å². The van der Waals surface area contributed by atoms with Crippen molar-refractivity contribution in [2.75, 3.05) is 6.54 Å². The van der Waals surface area contributed by atoms with E-state index in [4.69, 9.17) is 0 Å². The van der Waals surface area contributed by atoms with E-state index < -0.39 is 0 Å². The molecule has 3 heterocycles. The fourth-order valence-electron chi connectivity index (χ4n) is 3.21. The molecule has 1 saturated heterocycles. The van der Waals surface area contributed by atoms with Gasteiger partial charge in [-0.3, -0.25) is 14.2 Å². The highest BCUT2D eigenvalue weighted by atomic mass is 16.2. The molecule has 2 aromatic heterocycles. The zero-order chi connectivity index (χ0) is 15.7. The molecule has 1 amide bonds. The van der Waals surface area contributed by atoms with E-state index in [0.717, 1.165) is 31.2 Å². The number of hydrogen-bond donors (Lipinski definition) is 0. The van der Waals surface area contributed by atoms with Crippen LogP contribution in [0.1, 0.15) is 43.5 Å². The molecular formula is C17H21N3O2. The Balaban J connectivity index is 2.12. The van der Waals surface area contributed by atoms with Gasteiger partial charge < -0.3 is 4.90 Å². The first-order chi connectivity index (χ1) is 10.6. The zero-order valence-electron chi connectivity index (χ0n) is 13.1. The monoisotopic (exact) mass is 299 g/mol. The fraction of sp³-hybridized carbons (Fsp3) is 0.471.